The summed E-state index contributed by atoms with van der Waals surface area (Å²) in [5.41, 5.74) is 3.74. The number of fused-ring (bicyclic) bond motifs is 4. The van der Waals surface area contributed by atoms with Gasteiger partial charge in [0.25, 0.3) is 0 Å². The molecule has 0 bridgehead atoms. The van der Waals surface area contributed by atoms with Gasteiger partial charge in [-0.1, -0.05) is 24.3 Å². The van der Waals surface area contributed by atoms with Crippen molar-refractivity contribution in [3.8, 4) is 0 Å². The van der Waals surface area contributed by atoms with Crippen molar-refractivity contribution in [1.82, 2.24) is 4.98 Å². The maximum Gasteiger partial charge on any atom is 0.309 e. The van der Waals surface area contributed by atoms with Gasteiger partial charge in [0.2, 0.25) is 0 Å². The molecule has 0 fully saturated rings. The number of aromatic nitrogens is 1. The number of methoxy groups -OCH3 is 1. The Kier molecular flexibility index (Phi) is 2.74. The molecule has 3 aromatic rings. The lowest BCUT2D eigenvalue weighted by molar-refractivity contribution is -0.145. The van der Waals surface area contributed by atoms with Gasteiger partial charge in [0, 0.05) is 16.6 Å². The van der Waals surface area contributed by atoms with Crippen LogP contribution in [0.3, 0.4) is 0 Å². The Balaban J connectivity index is 1.87. The third-order valence-electron chi connectivity index (χ3n) is 4.59. The molecule has 0 unspecified atom stereocenters. The number of aromatic amines is 1. The standard InChI is InChI=1S/C18H17NO2/c1-21-18(20)13-6-7-16-14(9-13)15-8-11-4-2-3-5-12(11)10-17(15)19-16/h2-5,8,10,13,19H,6-7,9H2,1H3/t13-/m1/s1. The number of hydrogen-bond donors (Lipinski definition) is 1. The molecule has 0 amide bonds. The van der Waals surface area contributed by atoms with Crippen LogP contribution in [0.5, 0.6) is 0 Å². The number of carbonyl (C=O) groups excluding carboxylic acids is 1. The molecular formula is C18H17NO2. The van der Waals surface area contributed by atoms with Gasteiger partial charge in [-0.15, -0.1) is 0 Å². The number of rotatable bonds is 1. The Morgan fingerprint density at radius 3 is 2.76 bits per heavy atom. The molecule has 2 aromatic carbocycles. The van der Waals surface area contributed by atoms with Crippen LogP contribution in [0.15, 0.2) is 36.4 Å². The third kappa shape index (κ3) is 1.92. The van der Waals surface area contributed by atoms with E-state index in [-0.39, 0.29) is 11.9 Å². The molecule has 1 aliphatic rings. The number of H-pyrrole nitrogens is 1. The van der Waals surface area contributed by atoms with E-state index in [4.69, 9.17) is 4.74 Å². The van der Waals surface area contributed by atoms with Crippen molar-refractivity contribution in [2.75, 3.05) is 7.11 Å². The largest absolute Gasteiger partial charge is 0.469 e. The zero-order chi connectivity index (χ0) is 14.4. The number of hydrogen-bond acceptors (Lipinski definition) is 2. The van der Waals surface area contributed by atoms with Gasteiger partial charge in [0.05, 0.1) is 13.0 Å². The second kappa shape index (κ2) is 4.62. The molecule has 21 heavy (non-hydrogen) atoms. The van der Waals surface area contributed by atoms with E-state index in [2.05, 4.69) is 41.4 Å². The molecule has 1 N–H and O–H groups in total. The summed E-state index contributed by atoms with van der Waals surface area (Å²) in [5, 5.41) is 3.73. The van der Waals surface area contributed by atoms with Crippen molar-refractivity contribution in [3.05, 3.63) is 47.7 Å². The Morgan fingerprint density at radius 2 is 2.00 bits per heavy atom. The number of carbonyl (C=O) groups is 1. The first-order chi connectivity index (χ1) is 10.3. The van der Waals surface area contributed by atoms with E-state index in [0.717, 1.165) is 19.3 Å². The Hall–Kier alpha value is -2.29. The summed E-state index contributed by atoms with van der Waals surface area (Å²) in [5.74, 6) is -0.0937. The Bertz CT molecular complexity index is 847. The molecule has 0 radical (unpaired) electrons. The second-order valence-corrected chi connectivity index (χ2v) is 5.79. The normalized spacial score (nSPS) is 17.9. The molecule has 0 spiro atoms. The Morgan fingerprint density at radius 1 is 1.24 bits per heavy atom. The molecule has 0 saturated heterocycles. The molecule has 106 valence electrons. The summed E-state index contributed by atoms with van der Waals surface area (Å²) in [6.07, 6.45) is 2.56. The highest BCUT2D eigenvalue weighted by Crippen LogP contribution is 2.34. The number of aryl methyl sites for hydroxylation is 1. The number of nitrogens with one attached hydrogen (secondary N) is 1. The molecule has 1 aliphatic carbocycles. The third-order valence-corrected chi connectivity index (χ3v) is 4.59. The van der Waals surface area contributed by atoms with E-state index < -0.39 is 0 Å². The van der Waals surface area contributed by atoms with Crippen LogP contribution in [0, 0.1) is 5.92 Å². The van der Waals surface area contributed by atoms with E-state index in [0.29, 0.717) is 0 Å². The van der Waals surface area contributed by atoms with Crippen LogP contribution in [-0.2, 0) is 22.4 Å². The summed E-state index contributed by atoms with van der Waals surface area (Å²) < 4.78 is 4.91. The fourth-order valence-electron chi connectivity index (χ4n) is 3.48. The first-order valence-corrected chi connectivity index (χ1v) is 7.36. The van der Waals surface area contributed by atoms with Crippen LogP contribution in [0.1, 0.15) is 17.7 Å². The highest BCUT2D eigenvalue weighted by Gasteiger charge is 2.27. The SMILES string of the molecule is COC(=O)[C@@H]1CCc2[nH]c3cc4ccccc4cc3c2C1. The van der Waals surface area contributed by atoms with Crippen LogP contribution in [-0.4, -0.2) is 18.1 Å². The highest BCUT2D eigenvalue weighted by atomic mass is 16.5. The molecule has 4 rings (SSSR count). The molecule has 1 atom stereocenters. The molecule has 0 saturated carbocycles. The fraction of sp³-hybridized carbons (Fsp3) is 0.278. The lowest BCUT2D eigenvalue weighted by Gasteiger charge is -2.20. The average Bonchev–Trinajstić information content (AvgIpc) is 2.88. The van der Waals surface area contributed by atoms with Gasteiger partial charge < -0.3 is 9.72 Å². The maximum atomic E-state index is 11.8. The predicted octanol–water partition coefficient (Wildman–Crippen LogP) is 3.60. The smallest absolute Gasteiger partial charge is 0.309 e. The summed E-state index contributed by atoms with van der Waals surface area (Å²) in [7, 11) is 1.47. The van der Waals surface area contributed by atoms with Crippen molar-refractivity contribution >= 4 is 27.6 Å². The predicted molar refractivity (Wildman–Crippen MR) is 83.3 cm³/mol. The summed E-state index contributed by atoms with van der Waals surface area (Å²) >= 11 is 0. The summed E-state index contributed by atoms with van der Waals surface area (Å²) in [6.45, 7) is 0. The van der Waals surface area contributed by atoms with Crippen LogP contribution in [0.25, 0.3) is 21.7 Å². The van der Waals surface area contributed by atoms with Crippen LogP contribution in [0.2, 0.25) is 0 Å². The average molecular weight is 279 g/mol. The quantitative estimate of drug-likeness (QED) is 0.692. The maximum absolute atomic E-state index is 11.8. The van der Waals surface area contributed by atoms with Crippen molar-refractivity contribution in [2.24, 2.45) is 5.92 Å². The first-order valence-electron chi connectivity index (χ1n) is 7.36. The van der Waals surface area contributed by atoms with Crippen molar-refractivity contribution in [1.29, 1.82) is 0 Å². The zero-order valence-electron chi connectivity index (χ0n) is 12.0. The zero-order valence-corrected chi connectivity index (χ0v) is 12.0. The number of benzene rings is 2. The van der Waals surface area contributed by atoms with Crippen molar-refractivity contribution in [3.63, 3.8) is 0 Å². The second-order valence-electron chi connectivity index (χ2n) is 5.79. The van der Waals surface area contributed by atoms with Gasteiger partial charge in [0.15, 0.2) is 0 Å². The van der Waals surface area contributed by atoms with Gasteiger partial charge in [-0.05, 0) is 47.7 Å². The molecule has 3 heteroatoms. The van der Waals surface area contributed by atoms with Gasteiger partial charge in [-0.25, -0.2) is 0 Å². The molecule has 0 aliphatic heterocycles. The molecule has 1 heterocycles. The highest BCUT2D eigenvalue weighted by molar-refractivity contribution is 5.99. The van der Waals surface area contributed by atoms with Gasteiger partial charge in [0.1, 0.15) is 0 Å². The number of esters is 1. The van der Waals surface area contributed by atoms with Gasteiger partial charge in [-0.3, -0.25) is 4.79 Å². The fourth-order valence-corrected chi connectivity index (χ4v) is 3.48. The van der Waals surface area contributed by atoms with E-state index in [9.17, 15) is 4.79 Å². The van der Waals surface area contributed by atoms with Gasteiger partial charge in [-0.2, -0.15) is 0 Å². The monoisotopic (exact) mass is 279 g/mol. The van der Waals surface area contributed by atoms with Crippen LogP contribution in [0.4, 0.5) is 0 Å². The van der Waals surface area contributed by atoms with Crippen molar-refractivity contribution in [2.45, 2.75) is 19.3 Å². The Labute approximate surface area is 122 Å². The summed E-state index contributed by atoms with van der Waals surface area (Å²) in [6, 6.07) is 12.8. The minimum absolute atomic E-state index is 0.00651. The van der Waals surface area contributed by atoms with E-state index >= 15 is 0 Å². The van der Waals surface area contributed by atoms with Crippen LogP contribution < -0.4 is 0 Å². The van der Waals surface area contributed by atoms with E-state index in [1.54, 1.807) is 0 Å². The lowest BCUT2D eigenvalue weighted by atomic mass is 9.86. The minimum atomic E-state index is -0.0872. The lowest BCUT2D eigenvalue weighted by Crippen LogP contribution is -2.23. The minimum Gasteiger partial charge on any atom is -0.469 e. The van der Waals surface area contributed by atoms with Crippen molar-refractivity contribution < 1.29 is 9.53 Å². The first kappa shape index (κ1) is 12.5. The molecule has 3 nitrogen and oxygen atoms in total. The summed E-state index contributed by atoms with van der Waals surface area (Å²) in [4.78, 5) is 15.3. The number of ether oxygens (including phenoxy) is 1. The van der Waals surface area contributed by atoms with E-state index in [1.807, 2.05) is 0 Å². The van der Waals surface area contributed by atoms with Gasteiger partial charge >= 0.3 is 5.97 Å². The molecular weight excluding hydrogens is 262 g/mol. The topological polar surface area (TPSA) is 42.1 Å². The van der Waals surface area contributed by atoms with E-state index in [1.165, 1.54) is 40.0 Å². The molecule has 1 aromatic heterocycles. The van der Waals surface area contributed by atoms with Crippen LogP contribution >= 0.6 is 0 Å².